The average molecular weight is 286 g/mol. The first-order chi connectivity index (χ1) is 9.74. The van der Waals surface area contributed by atoms with Crippen molar-refractivity contribution in [1.82, 2.24) is 5.32 Å². The Balaban J connectivity index is 1.78. The number of nitrogens with one attached hydrogen (secondary N) is 1. The third-order valence-corrected chi connectivity index (χ3v) is 5.73. The fraction of sp³-hybridized carbons (Fsp3) is 0.611. The lowest BCUT2D eigenvalue weighted by atomic mass is 9.48. The van der Waals surface area contributed by atoms with Crippen LogP contribution >= 0.6 is 0 Å². The minimum absolute atomic E-state index is 0.0303. The molecule has 21 heavy (non-hydrogen) atoms. The number of carbonyl (C=O) groups excluding carboxylic acids is 1. The molecule has 0 spiro atoms. The first kappa shape index (κ1) is 14.6. The van der Waals surface area contributed by atoms with E-state index in [2.05, 4.69) is 45.1 Å². The summed E-state index contributed by atoms with van der Waals surface area (Å²) in [5, 5.41) is 3.22. The Labute approximate surface area is 127 Å². The predicted octanol–water partition coefficient (Wildman–Crippen LogP) is 2.67. The van der Waals surface area contributed by atoms with E-state index in [1.165, 1.54) is 17.5 Å². The largest absolute Gasteiger partial charge is 0.348 e. The quantitative estimate of drug-likeness (QED) is 0.878. The molecule has 3 nitrogen and oxygen atoms in total. The Morgan fingerprint density at radius 3 is 2.43 bits per heavy atom. The van der Waals surface area contributed by atoms with Crippen molar-refractivity contribution < 1.29 is 4.79 Å². The number of rotatable bonds is 2. The van der Waals surface area contributed by atoms with E-state index in [0.717, 1.165) is 18.4 Å². The molecule has 2 aliphatic rings. The maximum Gasteiger partial charge on any atom is 0.251 e. The van der Waals surface area contributed by atoms with Gasteiger partial charge in [-0.15, -0.1) is 0 Å². The standard InChI is InChI=1S/C18H26N2O/c1-17(2)15(19)18(3,4)16(17)20-14(21)13-9-8-11-6-5-7-12(11)10-13/h8-10,15-16H,5-7,19H2,1-4H3,(H,20,21). The topological polar surface area (TPSA) is 55.1 Å². The second kappa shape index (κ2) is 4.57. The molecule has 0 aromatic heterocycles. The smallest absolute Gasteiger partial charge is 0.251 e. The van der Waals surface area contributed by atoms with Crippen LogP contribution in [0.25, 0.3) is 0 Å². The molecule has 3 heteroatoms. The Bertz CT molecular complexity index is 573. The predicted molar refractivity (Wildman–Crippen MR) is 85.3 cm³/mol. The van der Waals surface area contributed by atoms with E-state index in [1.807, 2.05) is 6.07 Å². The summed E-state index contributed by atoms with van der Waals surface area (Å²) in [4.78, 5) is 12.6. The average Bonchev–Trinajstić information content (AvgIpc) is 2.90. The molecule has 0 unspecified atom stereocenters. The van der Waals surface area contributed by atoms with E-state index < -0.39 is 0 Å². The minimum atomic E-state index is -0.0596. The minimum Gasteiger partial charge on any atom is -0.348 e. The molecule has 1 saturated carbocycles. The molecule has 0 atom stereocenters. The Morgan fingerprint density at radius 2 is 1.76 bits per heavy atom. The van der Waals surface area contributed by atoms with Gasteiger partial charge in [0.05, 0.1) is 0 Å². The van der Waals surface area contributed by atoms with Crippen LogP contribution in [0.4, 0.5) is 0 Å². The van der Waals surface area contributed by atoms with Gasteiger partial charge in [-0.2, -0.15) is 0 Å². The molecule has 3 rings (SSSR count). The molecule has 2 aliphatic carbocycles. The van der Waals surface area contributed by atoms with Crippen LogP contribution in [-0.2, 0) is 12.8 Å². The zero-order valence-electron chi connectivity index (χ0n) is 13.5. The molecule has 3 N–H and O–H groups in total. The zero-order chi connectivity index (χ0) is 15.4. The summed E-state index contributed by atoms with van der Waals surface area (Å²) in [6.45, 7) is 8.54. The highest BCUT2D eigenvalue weighted by Gasteiger charge is 2.60. The van der Waals surface area contributed by atoms with E-state index in [1.54, 1.807) is 0 Å². The summed E-state index contributed by atoms with van der Waals surface area (Å²) in [5.74, 6) is 0.0303. The van der Waals surface area contributed by atoms with Crippen molar-refractivity contribution in [2.45, 2.75) is 59.0 Å². The first-order valence-corrected chi connectivity index (χ1v) is 7.93. The van der Waals surface area contributed by atoms with Crippen molar-refractivity contribution in [3.63, 3.8) is 0 Å². The number of aryl methyl sites for hydroxylation is 2. The highest BCUT2D eigenvalue weighted by molar-refractivity contribution is 5.95. The van der Waals surface area contributed by atoms with Crippen LogP contribution < -0.4 is 11.1 Å². The van der Waals surface area contributed by atoms with Gasteiger partial charge in [-0.25, -0.2) is 0 Å². The number of carbonyl (C=O) groups is 1. The van der Waals surface area contributed by atoms with Crippen LogP contribution in [0.5, 0.6) is 0 Å². The normalized spacial score (nSPS) is 28.6. The van der Waals surface area contributed by atoms with E-state index >= 15 is 0 Å². The van der Waals surface area contributed by atoms with Crippen LogP contribution in [0.3, 0.4) is 0 Å². The fourth-order valence-electron chi connectivity index (χ4n) is 4.48. The molecule has 1 amide bonds. The van der Waals surface area contributed by atoms with Gasteiger partial charge in [-0.05, 0) is 42.5 Å². The third-order valence-electron chi connectivity index (χ3n) is 5.73. The summed E-state index contributed by atoms with van der Waals surface area (Å²) in [7, 11) is 0. The molecule has 0 bridgehead atoms. The monoisotopic (exact) mass is 286 g/mol. The van der Waals surface area contributed by atoms with Crippen LogP contribution in [0.15, 0.2) is 18.2 Å². The van der Waals surface area contributed by atoms with Gasteiger partial charge in [0, 0.05) is 28.5 Å². The maximum atomic E-state index is 12.6. The number of amides is 1. The Hall–Kier alpha value is -1.35. The summed E-state index contributed by atoms with van der Waals surface area (Å²) >= 11 is 0. The molecule has 1 fully saturated rings. The van der Waals surface area contributed by atoms with Crippen molar-refractivity contribution >= 4 is 5.91 Å². The molecule has 1 aromatic rings. The second-order valence-corrected chi connectivity index (χ2v) is 7.86. The van der Waals surface area contributed by atoms with Gasteiger partial charge in [-0.3, -0.25) is 4.79 Å². The van der Waals surface area contributed by atoms with Crippen LogP contribution in [0, 0.1) is 10.8 Å². The number of fused-ring (bicyclic) bond motifs is 1. The summed E-state index contributed by atoms with van der Waals surface area (Å²) in [6.07, 6.45) is 3.45. The van der Waals surface area contributed by atoms with Gasteiger partial charge in [0.2, 0.25) is 0 Å². The fourth-order valence-corrected chi connectivity index (χ4v) is 4.48. The second-order valence-electron chi connectivity index (χ2n) is 7.86. The number of benzene rings is 1. The number of hydrogen-bond donors (Lipinski definition) is 2. The Morgan fingerprint density at radius 1 is 1.14 bits per heavy atom. The SMILES string of the molecule is CC1(C)C(N)C(C)(C)C1NC(=O)c1ccc2c(c1)CCC2. The molecule has 0 saturated heterocycles. The van der Waals surface area contributed by atoms with Crippen LogP contribution in [0.2, 0.25) is 0 Å². The van der Waals surface area contributed by atoms with Crippen LogP contribution in [-0.4, -0.2) is 18.0 Å². The van der Waals surface area contributed by atoms with Crippen molar-refractivity contribution in [3.05, 3.63) is 34.9 Å². The highest BCUT2D eigenvalue weighted by Crippen LogP contribution is 2.52. The lowest BCUT2D eigenvalue weighted by Crippen LogP contribution is -2.76. The van der Waals surface area contributed by atoms with Gasteiger partial charge in [-0.1, -0.05) is 33.8 Å². The summed E-state index contributed by atoms with van der Waals surface area (Å²) in [5.41, 5.74) is 9.66. The molecule has 0 radical (unpaired) electrons. The molecular formula is C18H26N2O. The number of nitrogens with two attached hydrogens (primary N) is 1. The summed E-state index contributed by atoms with van der Waals surface area (Å²) < 4.78 is 0. The number of hydrogen-bond acceptors (Lipinski definition) is 2. The molecule has 0 heterocycles. The van der Waals surface area contributed by atoms with Gasteiger partial charge >= 0.3 is 0 Å². The van der Waals surface area contributed by atoms with E-state index in [9.17, 15) is 4.79 Å². The zero-order valence-corrected chi connectivity index (χ0v) is 13.5. The van der Waals surface area contributed by atoms with Crippen molar-refractivity contribution in [3.8, 4) is 0 Å². The molecule has 0 aliphatic heterocycles. The molecule has 114 valence electrons. The van der Waals surface area contributed by atoms with Gasteiger partial charge in [0.25, 0.3) is 5.91 Å². The third kappa shape index (κ3) is 2.10. The van der Waals surface area contributed by atoms with Gasteiger partial charge < -0.3 is 11.1 Å². The van der Waals surface area contributed by atoms with Crippen molar-refractivity contribution in [2.75, 3.05) is 0 Å². The van der Waals surface area contributed by atoms with Gasteiger partial charge in [0.1, 0.15) is 0 Å². The summed E-state index contributed by atoms with van der Waals surface area (Å²) in [6, 6.07) is 6.35. The lowest BCUT2D eigenvalue weighted by molar-refractivity contribution is -0.0663. The maximum absolute atomic E-state index is 12.6. The molecule has 1 aromatic carbocycles. The molecular weight excluding hydrogens is 260 g/mol. The van der Waals surface area contributed by atoms with Crippen molar-refractivity contribution in [2.24, 2.45) is 16.6 Å². The first-order valence-electron chi connectivity index (χ1n) is 7.93. The van der Waals surface area contributed by atoms with E-state index in [0.29, 0.717) is 0 Å². The van der Waals surface area contributed by atoms with Crippen molar-refractivity contribution in [1.29, 1.82) is 0 Å². The van der Waals surface area contributed by atoms with E-state index in [4.69, 9.17) is 5.73 Å². The van der Waals surface area contributed by atoms with E-state index in [-0.39, 0.29) is 28.8 Å². The van der Waals surface area contributed by atoms with Crippen LogP contribution in [0.1, 0.15) is 55.6 Å². The van der Waals surface area contributed by atoms with Gasteiger partial charge in [0.15, 0.2) is 0 Å². The Kier molecular flexibility index (Phi) is 3.17. The lowest BCUT2D eigenvalue weighted by Gasteiger charge is -2.62. The highest BCUT2D eigenvalue weighted by atomic mass is 16.1.